The van der Waals surface area contributed by atoms with E-state index in [1.807, 2.05) is 7.05 Å². The number of anilines is 1. The zero-order valence-electron chi connectivity index (χ0n) is 14.7. The van der Waals surface area contributed by atoms with Crippen LogP contribution in [0.15, 0.2) is 41.4 Å². The van der Waals surface area contributed by atoms with Crippen molar-refractivity contribution in [2.45, 2.75) is 26.3 Å². The highest BCUT2D eigenvalue weighted by Gasteiger charge is 2.18. The van der Waals surface area contributed by atoms with Gasteiger partial charge in [0, 0.05) is 45.5 Å². The Morgan fingerprint density at radius 2 is 1.75 bits per heavy atom. The SMILES string of the molecule is CN=C(NCc1ccc(N2CC=CC2)cc1)N1CCC(C)CC1.I. The molecule has 0 atom stereocenters. The molecule has 1 saturated heterocycles. The summed E-state index contributed by atoms with van der Waals surface area (Å²) in [5, 5.41) is 3.51. The lowest BCUT2D eigenvalue weighted by atomic mass is 9.99. The highest BCUT2D eigenvalue weighted by Crippen LogP contribution is 2.18. The standard InChI is InChI=1S/C19H28N4.HI/c1-16-9-13-23(14-10-16)19(20-2)21-15-17-5-7-18(8-6-17)22-11-3-4-12-22;/h3-8,16H,9-15H2,1-2H3,(H,20,21);1H. The summed E-state index contributed by atoms with van der Waals surface area (Å²) >= 11 is 0. The number of hydrogen-bond acceptors (Lipinski definition) is 2. The number of rotatable bonds is 3. The molecule has 0 aromatic heterocycles. The Bertz CT molecular complexity index is 551. The van der Waals surface area contributed by atoms with Crippen LogP contribution in [0.2, 0.25) is 0 Å². The fraction of sp³-hybridized carbons (Fsp3) is 0.526. The van der Waals surface area contributed by atoms with E-state index < -0.39 is 0 Å². The summed E-state index contributed by atoms with van der Waals surface area (Å²) < 4.78 is 0. The maximum atomic E-state index is 4.45. The van der Waals surface area contributed by atoms with Gasteiger partial charge in [-0.15, -0.1) is 24.0 Å². The van der Waals surface area contributed by atoms with Crippen molar-refractivity contribution in [3.8, 4) is 0 Å². The summed E-state index contributed by atoms with van der Waals surface area (Å²) in [4.78, 5) is 9.19. The van der Waals surface area contributed by atoms with Crippen molar-refractivity contribution in [1.29, 1.82) is 0 Å². The quantitative estimate of drug-likeness (QED) is 0.338. The van der Waals surface area contributed by atoms with Gasteiger partial charge in [0.15, 0.2) is 5.96 Å². The molecule has 2 aliphatic heterocycles. The first kappa shape index (κ1) is 19.1. The molecule has 4 nitrogen and oxygen atoms in total. The molecular formula is C19H29IN4. The van der Waals surface area contributed by atoms with Crippen molar-refractivity contribution in [1.82, 2.24) is 10.2 Å². The molecule has 2 heterocycles. The maximum absolute atomic E-state index is 4.45. The molecule has 5 heteroatoms. The monoisotopic (exact) mass is 440 g/mol. The number of halogens is 1. The summed E-state index contributed by atoms with van der Waals surface area (Å²) in [6, 6.07) is 8.86. The van der Waals surface area contributed by atoms with E-state index in [9.17, 15) is 0 Å². The van der Waals surface area contributed by atoms with Crippen LogP contribution in [-0.4, -0.2) is 44.1 Å². The molecule has 1 N–H and O–H groups in total. The normalized spacial score (nSPS) is 18.7. The van der Waals surface area contributed by atoms with Crippen LogP contribution in [-0.2, 0) is 6.54 Å². The number of nitrogens with zero attached hydrogens (tertiary/aromatic N) is 3. The molecule has 1 aromatic rings. The molecular weight excluding hydrogens is 411 g/mol. The molecule has 0 spiro atoms. The fourth-order valence-corrected chi connectivity index (χ4v) is 3.25. The number of aliphatic imine (C=N–C) groups is 1. The van der Waals surface area contributed by atoms with Crippen molar-refractivity contribution >= 4 is 35.6 Å². The molecule has 0 bridgehead atoms. The van der Waals surface area contributed by atoms with Gasteiger partial charge in [0.25, 0.3) is 0 Å². The lowest BCUT2D eigenvalue weighted by molar-refractivity contribution is 0.273. The van der Waals surface area contributed by atoms with Gasteiger partial charge in [0.05, 0.1) is 0 Å². The van der Waals surface area contributed by atoms with Gasteiger partial charge in [-0.25, -0.2) is 0 Å². The Kier molecular flexibility index (Phi) is 7.40. The van der Waals surface area contributed by atoms with Gasteiger partial charge in [-0.1, -0.05) is 31.2 Å². The topological polar surface area (TPSA) is 30.9 Å². The maximum Gasteiger partial charge on any atom is 0.193 e. The van der Waals surface area contributed by atoms with E-state index in [0.29, 0.717) is 0 Å². The lowest BCUT2D eigenvalue weighted by Crippen LogP contribution is -2.45. The van der Waals surface area contributed by atoms with Crippen LogP contribution in [0.25, 0.3) is 0 Å². The minimum atomic E-state index is 0. The number of guanidine groups is 1. The number of benzene rings is 1. The fourth-order valence-electron chi connectivity index (χ4n) is 3.25. The van der Waals surface area contributed by atoms with Crippen LogP contribution in [0.5, 0.6) is 0 Å². The van der Waals surface area contributed by atoms with Gasteiger partial charge in [0.1, 0.15) is 0 Å². The van der Waals surface area contributed by atoms with Gasteiger partial charge in [-0.3, -0.25) is 4.99 Å². The Balaban J connectivity index is 0.00000208. The molecule has 0 aliphatic carbocycles. The van der Waals surface area contributed by atoms with E-state index in [2.05, 4.69) is 63.5 Å². The molecule has 0 radical (unpaired) electrons. The van der Waals surface area contributed by atoms with Crippen molar-refractivity contribution < 1.29 is 0 Å². The Morgan fingerprint density at radius 1 is 1.12 bits per heavy atom. The van der Waals surface area contributed by atoms with Crippen molar-refractivity contribution in [3.05, 3.63) is 42.0 Å². The zero-order valence-corrected chi connectivity index (χ0v) is 17.1. The Hall–Kier alpha value is -1.24. The Morgan fingerprint density at radius 3 is 2.33 bits per heavy atom. The highest BCUT2D eigenvalue weighted by molar-refractivity contribution is 14.0. The first-order valence-corrected chi connectivity index (χ1v) is 8.71. The molecule has 1 fully saturated rings. The molecule has 24 heavy (non-hydrogen) atoms. The Labute approximate surface area is 163 Å². The van der Waals surface area contributed by atoms with Gasteiger partial charge in [0.2, 0.25) is 0 Å². The van der Waals surface area contributed by atoms with Crippen LogP contribution < -0.4 is 10.2 Å². The first-order chi connectivity index (χ1) is 11.3. The predicted molar refractivity (Wildman–Crippen MR) is 113 cm³/mol. The van der Waals surface area contributed by atoms with E-state index in [-0.39, 0.29) is 24.0 Å². The van der Waals surface area contributed by atoms with Gasteiger partial charge < -0.3 is 15.1 Å². The van der Waals surface area contributed by atoms with Crippen LogP contribution >= 0.6 is 24.0 Å². The van der Waals surface area contributed by atoms with Crippen LogP contribution in [0.3, 0.4) is 0 Å². The van der Waals surface area contributed by atoms with Crippen molar-refractivity contribution in [2.24, 2.45) is 10.9 Å². The molecule has 0 amide bonds. The number of likely N-dealkylation sites (tertiary alicyclic amines) is 1. The zero-order chi connectivity index (χ0) is 16.1. The summed E-state index contributed by atoms with van der Waals surface area (Å²) in [6.07, 6.45) is 6.97. The second-order valence-corrected chi connectivity index (χ2v) is 6.61. The highest BCUT2D eigenvalue weighted by atomic mass is 127. The van der Waals surface area contributed by atoms with E-state index in [1.165, 1.54) is 24.1 Å². The number of hydrogen-bond donors (Lipinski definition) is 1. The van der Waals surface area contributed by atoms with E-state index >= 15 is 0 Å². The van der Waals surface area contributed by atoms with Crippen LogP contribution in [0.1, 0.15) is 25.3 Å². The minimum absolute atomic E-state index is 0. The molecule has 2 aliphatic rings. The second-order valence-electron chi connectivity index (χ2n) is 6.61. The van der Waals surface area contributed by atoms with Gasteiger partial charge in [-0.2, -0.15) is 0 Å². The molecule has 0 saturated carbocycles. The lowest BCUT2D eigenvalue weighted by Gasteiger charge is -2.33. The first-order valence-electron chi connectivity index (χ1n) is 8.71. The number of piperidine rings is 1. The van der Waals surface area contributed by atoms with E-state index in [0.717, 1.165) is 44.6 Å². The van der Waals surface area contributed by atoms with Crippen molar-refractivity contribution in [3.63, 3.8) is 0 Å². The molecule has 0 unspecified atom stereocenters. The van der Waals surface area contributed by atoms with Gasteiger partial charge in [-0.05, 0) is 36.5 Å². The summed E-state index contributed by atoms with van der Waals surface area (Å²) in [5.74, 6) is 1.88. The average molecular weight is 440 g/mol. The van der Waals surface area contributed by atoms with Gasteiger partial charge >= 0.3 is 0 Å². The van der Waals surface area contributed by atoms with E-state index in [4.69, 9.17) is 0 Å². The van der Waals surface area contributed by atoms with E-state index in [1.54, 1.807) is 0 Å². The molecule has 1 aromatic carbocycles. The predicted octanol–water partition coefficient (Wildman–Crippen LogP) is 3.49. The van der Waals surface area contributed by atoms with Crippen LogP contribution in [0.4, 0.5) is 5.69 Å². The third-order valence-electron chi connectivity index (χ3n) is 4.87. The second kappa shape index (κ2) is 9.30. The molecule has 132 valence electrons. The van der Waals surface area contributed by atoms with Crippen molar-refractivity contribution in [2.75, 3.05) is 38.1 Å². The average Bonchev–Trinajstić information content (AvgIpc) is 3.12. The number of nitrogens with one attached hydrogen (secondary N) is 1. The smallest absolute Gasteiger partial charge is 0.193 e. The third kappa shape index (κ3) is 4.88. The summed E-state index contributed by atoms with van der Waals surface area (Å²) in [7, 11) is 1.88. The largest absolute Gasteiger partial charge is 0.364 e. The third-order valence-corrected chi connectivity index (χ3v) is 4.87. The summed E-state index contributed by atoms with van der Waals surface area (Å²) in [6.45, 7) is 7.45. The molecule has 3 rings (SSSR count). The van der Waals surface area contributed by atoms with Crippen LogP contribution in [0, 0.1) is 5.92 Å². The minimum Gasteiger partial charge on any atom is -0.364 e. The summed E-state index contributed by atoms with van der Waals surface area (Å²) in [5.41, 5.74) is 2.60.